The molecule has 0 fully saturated rings. The van der Waals surface area contributed by atoms with Crippen LogP contribution in [0.4, 0.5) is 0 Å². The molecule has 4 heteroatoms. The van der Waals surface area contributed by atoms with Crippen molar-refractivity contribution in [3.8, 4) is 0 Å². The molecule has 0 aliphatic carbocycles. The third-order valence-electron chi connectivity index (χ3n) is 4.31. The van der Waals surface area contributed by atoms with Crippen molar-refractivity contribution < 1.29 is 4.79 Å². The topological polar surface area (TPSA) is 67.5 Å². The van der Waals surface area contributed by atoms with Crippen LogP contribution in [0.25, 0.3) is 0 Å². The Balaban J connectivity index is 3.06. The lowest BCUT2D eigenvalue weighted by Gasteiger charge is -2.03. The Kier molecular flexibility index (Phi) is 18.1. The molecule has 0 atom stereocenters. The van der Waals surface area contributed by atoms with Crippen LogP contribution in [-0.4, -0.2) is 12.2 Å². The second kappa shape index (κ2) is 19.0. The normalized spacial score (nSPS) is 11.2. The Bertz CT molecular complexity index is 280. The van der Waals surface area contributed by atoms with E-state index in [4.69, 9.17) is 5.84 Å². The van der Waals surface area contributed by atoms with E-state index in [2.05, 4.69) is 17.3 Å². The van der Waals surface area contributed by atoms with Crippen molar-refractivity contribution in [1.82, 2.24) is 5.32 Å². The third-order valence-corrected chi connectivity index (χ3v) is 4.31. The van der Waals surface area contributed by atoms with Gasteiger partial charge in [-0.15, -0.1) is 0 Å². The summed E-state index contributed by atoms with van der Waals surface area (Å²) in [5.41, 5.74) is 0. The van der Waals surface area contributed by atoms with Crippen LogP contribution in [0.15, 0.2) is 5.10 Å². The van der Waals surface area contributed by atoms with Gasteiger partial charge in [-0.1, -0.05) is 96.8 Å². The molecular weight excluding hydrogens is 286 g/mol. The summed E-state index contributed by atoms with van der Waals surface area (Å²) in [5, 5.41) is 5.77. The lowest BCUT2D eigenvalue weighted by molar-refractivity contribution is -0.119. The number of carbonyl (C=O) groups is 1. The number of hydrogen-bond acceptors (Lipinski definition) is 3. The lowest BCUT2D eigenvalue weighted by atomic mass is 10.0. The van der Waals surface area contributed by atoms with Crippen molar-refractivity contribution in [2.24, 2.45) is 10.9 Å². The van der Waals surface area contributed by atoms with Crippen molar-refractivity contribution in [3.05, 3.63) is 0 Å². The summed E-state index contributed by atoms with van der Waals surface area (Å²) < 4.78 is 0. The second-order valence-corrected chi connectivity index (χ2v) is 6.55. The molecule has 23 heavy (non-hydrogen) atoms. The first kappa shape index (κ1) is 21.9. The Morgan fingerprint density at radius 1 is 0.783 bits per heavy atom. The quantitative estimate of drug-likeness (QED) is 0.126. The molecule has 0 aliphatic rings. The van der Waals surface area contributed by atoms with Crippen LogP contribution in [-0.2, 0) is 4.79 Å². The first-order valence-corrected chi connectivity index (χ1v) is 9.82. The fraction of sp³-hybridized carbons (Fsp3) is 0.895. The minimum absolute atomic E-state index is 0.00824. The standard InChI is InChI=1S/C19H39N3O/c1-2-3-4-5-6-7-8-9-10-11-12-13-14-15-16-17-19(23)21-18-22-20/h18H,2-17,20H2,1H3,(H,21,22,23). The Labute approximate surface area is 143 Å². The highest BCUT2D eigenvalue weighted by atomic mass is 16.1. The van der Waals surface area contributed by atoms with Crippen LogP contribution < -0.4 is 11.2 Å². The number of nitrogens with zero attached hydrogens (tertiary/aromatic N) is 1. The molecule has 0 bridgehead atoms. The van der Waals surface area contributed by atoms with E-state index in [1.165, 1.54) is 89.8 Å². The first-order valence-electron chi connectivity index (χ1n) is 9.82. The summed E-state index contributed by atoms with van der Waals surface area (Å²) in [6, 6.07) is 0. The number of rotatable bonds is 17. The highest BCUT2D eigenvalue weighted by molar-refractivity contribution is 5.87. The van der Waals surface area contributed by atoms with Crippen molar-refractivity contribution in [1.29, 1.82) is 0 Å². The van der Waals surface area contributed by atoms with Crippen LogP contribution in [0.3, 0.4) is 0 Å². The molecule has 0 saturated heterocycles. The van der Waals surface area contributed by atoms with Gasteiger partial charge in [0.1, 0.15) is 6.34 Å². The Hall–Kier alpha value is -1.06. The summed E-state index contributed by atoms with van der Waals surface area (Å²) in [4.78, 5) is 11.3. The zero-order valence-corrected chi connectivity index (χ0v) is 15.3. The number of carbonyl (C=O) groups excluding carboxylic acids is 1. The highest BCUT2D eigenvalue weighted by Gasteiger charge is 1.98. The summed E-state index contributed by atoms with van der Waals surface area (Å²) in [7, 11) is 0. The van der Waals surface area contributed by atoms with Crippen molar-refractivity contribution in [3.63, 3.8) is 0 Å². The molecule has 0 spiro atoms. The maximum absolute atomic E-state index is 11.3. The van der Waals surface area contributed by atoms with Gasteiger partial charge in [-0.2, -0.15) is 5.10 Å². The maximum atomic E-state index is 11.3. The third kappa shape index (κ3) is 18.9. The first-order chi connectivity index (χ1) is 11.3. The van der Waals surface area contributed by atoms with Crippen LogP contribution in [0.5, 0.6) is 0 Å². The fourth-order valence-electron chi connectivity index (χ4n) is 2.84. The number of amides is 1. The van der Waals surface area contributed by atoms with E-state index in [1.807, 2.05) is 0 Å². The van der Waals surface area contributed by atoms with Crippen molar-refractivity contribution in [2.75, 3.05) is 0 Å². The highest BCUT2D eigenvalue weighted by Crippen LogP contribution is 2.13. The van der Waals surface area contributed by atoms with E-state index < -0.39 is 0 Å². The van der Waals surface area contributed by atoms with Gasteiger partial charge in [0, 0.05) is 6.42 Å². The summed E-state index contributed by atoms with van der Waals surface area (Å²) >= 11 is 0. The predicted molar refractivity (Wildman–Crippen MR) is 100 cm³/mol. The number of hydrogen-bond donors (Lipinski definition) is 2. The predicted octanol–water partition coefficient (Wildman–Crippen LogP) is 5.27. The van der Waals surface area contributed by atoms with Crippen molar-refractivity contribution in [2.45, 2.75) is 110 Å². The minimum Gasteiger partial charge on any atom is -0.322 e. The Morgan fingerprint density at radius 2 is 1.17 bits per heavy atom. The fourth-order valence-corrected chi connectivity index (χ4v) is 2.84. The average molecular weight is 326 g/mol. The summed E-state index contributed by atoms with van der Waals surface area (Å²) in [6.45, 7) is 2.27. The molecule has 0 radical (unpaired) electrons. The van der Waals surface area contributed by atoms with Gasteiger partial charge >= 0.3 is 0 Å². The van der Waals surface area contributed by atoms with Crippen LogP contribution in [0, 0.1) is 0 Å². The number of nitrogens with two attached hydrogens (primary N) is 1. The molecule has 0 saturated carbocycles. The molecule has 0 aromatic heterocycles. The molecule has 3 N–H and O–H groups in total. The van der Waals surface area contributed by atoms with Crippen LogP contribution >= 0.6 is 0 Å². The van der Waals surface area contributed by atoms with E-state index in [1.54, 1.807) is 0 Å². The van der Waals surface area contributed by atoms with E-state index in [9.17, 15) is 4.79 Å². The zero-order valence-electron chi connectivity index (χ0n) is 15.3. The summed E-state index contributed by atoms with van der Waals surface area (Å²) in [6.07, 6.45) is 21.9. The number of unbranched alkanes of at least 4 members (excludes halogenated alkanes) is 14. The zero-order chi connectivity index (χ0) is 17.0. The molecule has 0 aliphatic heterocycles. The molecule has 4 nitrogen and oxygen atoms in total. The van der Waals surface area contributed by atoms with Gasteiger partial charge in [-0.25, -0.2) is 0 Å². The second-order valence-electron chi connectivity index (χ2n) is 6.55. The van der Waals surface area contributed by atoms with E-state index in [-0.39, 0.29) is 5.91 Å². The summed E-state index contributed by atoms with van der Waals surface area (Å²) in [5.74, 6) is 4.93. The van der Waals surface area contributed by atoms with Gasteiger partial charge in [-0.05, 0) is 6.42 Å². The van der Waals surface area contributed by atoms with Crippen molar-refractivity contribution >= 4 is 12.2 Å². The smallest absolute Gasteiger partial charge is 0.225 e. The van der Waals surface area contributed by atoms with Gasteiger partial charge in [0.25, 0.3) is 0 Å². The molecule has 1 amide bonds. The lowest BCUT2D eigenvalue weighted by Crippen LogP contribution is -2.21. The molecule has 0 rings (SSSR count). The van der Waals surface area contributed by atoms with Crippen LogP contribution in [0.2, 0.25) is 0 Å². The molecule has 0 unspecified atom stereocenters. The van der Waals surface area contributed by atoms with Gasteiger partial charge < -0.3 is 11.2 Å². The SMILES string of the molecule is CCCCCCCCCCCCCCCCCC(=O)NC=NN. The molecule has 0 heterocycles. The Morgan fingerprint density at radius 3 is 1.57 bits per heavy atom. The van der Waals surface area contributed by atoms with Gasteiger partial charge in [-0.3, -0.25) is 4.79 Å². The van der Waals surface area contributed by atoms with E-state index >= 15 is 0 Å². The minimum atomic E-state index is 0.00824. The molecule has 0 aromatic carbocycles. The van der Waals surface area contributed by atoms with Gasteiger partial charge in [0.15, 0.2) is 0 Å². The largest absolute Gasteiger partial charge is 0.322 e. The van der Waals surface area contributed by atoms with Gasteiger partial charge in [0.05, 0.1) is 0 Å². The van der Waals surface area contributed by atoms with Gasteiger partial charge in [0.2, 0.25) is 5.91 Å². The number of nitrogens with one attached hydrogen (secondary N) is 1. The maximum Gasteiger partial charge on any atom is 0.225 e. The average Bonchev–Trinajstić information content (AvgIpc) is 2.56. The van der Waals surface area contributed by atoms with E-state index in [0.29, 0.717) is 6.42 Å². The molecule has 136 valence electrons. The number of hydrazone groups is 1. The monoisotopic (exact) mass is 325 g/mol. The van der Waals surface area contributed by atoms with Crippen LogP contribution in [0.1, 0.15) is 110 Å². The van der Waals surface area contributed by atoms with E-state index in [0.717, 1.165) is 12.8 Å². The molecular formula is C19H39N3O. The molecule has 0 aromatic rings.